The van der Waals surface area contributed by atoms with E-state index in [1.54, 1.807) is 48.5 Å². The second-order valence-electron chi connectivity index (χ2n) is 4.91. The van der Waals surface area contributed by atoms with Crippen LogP contribution in [0.5, 0.6) is 5.75 Å². The quantitative estimate of drug-likeness (QED) is 0.495. The number of hydrogen-bond donors (Lipinski definition) is 0. The number of cyclic esters (lactones) is 2. The van der Waals surface area contributed by atoms with Gasteiger partial charge in [-0.15, -0.1) is 0 Å². The van der Waals surface area contributed by atoms with Gasteiger partial charge in [0.15, 0.2) is 0 Å². The van der Waals surface area contributed by atoms with E-state index < -0.39 is 17.9 Å². The Bertz CT molecular complexity index is 816. The number of carbonyl (C=O) groups excluding carboxylic acids is 3. The number of hydrogen-bond acceptors (Lipinski definition) is 5. The molecule has 5 nitrogen and oxygen atoms in total. The van der Waals surface area contributed by atoms with Gasteiger partial charge in [-0.2, -0.15) is 0 Å². The first-order chi connectivity index (χ1) is 11.1. The molecule has 1 aliphatic rings. The molecule has 5 heteroatoms. The molecule has 0 bridgehead atoms. The summed E-state index contributed by atoms with van der Waals surface area (Å²) in [4.78, 5) is 35.0. The Labute approximate surface area is 132 Å². The lowest BCUT2D eigenvalue weighted by atomic mass is 9.96. The van der Waals surface area contributed by atoms with Crippen molar-refractivity contribution in [1.82, 2.24) is 0 Å². The fraction of sp³-hybridized carbons (Fsp3) is 0.0556. The first kappa shape index (κ1) is 14.7. The van der Waals surface area contributed by atoms with Gasteiger partial charge in [-0.25, -0.2) is 9.59 Å². The van der Waals surface area contributed by atoms with Gasteiger partial charge in [-0.3, -0.25) is 4.79 Å². The van der Waals surface area contributed by atoms with Crippen LogP contribution in [0, 0.1) is 0 Å². The molecule has 0 saturated carbocycles. The normalized spacial score (nSPS) is 14.0. The molecular formula is C18H12O5. The lowest BCUT2D eigenvalue weighted by molar-refractivity contribution is -0.149. The molecule has 0 amide bonds. The summed E-state index contributed by atoms with van der Waals surface area (Å²) in [7, 11) is 0. The van der Waals surface area contributed by atoms with Gasteiger partial charge in [0.05, 0.1) is 11.1 Å². The summed E-state index contributed by atoms with van der Waals surface area (Å²) in [5.41, 5.74) is 1.57. The molecule has 0 atom stereocenters. The summed E-state index contributed by atoms with van der Waals surface area (Å²) in [5.74, 6) is -1.42. The van der Waals surface area contributed by atoms with Crippen molar-refractivity contribution in [3.05, 3.63) is 65.7 Å². The fourth-order valence-electron chi connectivity index (χ4n) is 2.38. The minimum absolute atomic E-state index is 0.204. The minimum Gasteiger partial charge on any atom is -0.427 e. The monoisotopic (exact) mass is 308 g/mol. The Balaban J connectivity index is 2.07. The predicted molar refractivity (Wildman–Crippen MR) is 82.1 cm³/mol. The third-order valence-electron chi connectivity index (χ3n) is 3.31. The van der Waals surface area contributed by atoms with Crippen molar-refractivity contribution in [1.29, 1.82) is 0 Å². The van der Waals surface area contributed by atoms with Gasteiger partial charge in [0, 0.05) is 6.92 Å². The third kappa shape index (κ3) is 2.89. The summed E-state index contributed by atoms with van der Waals surface area (Å²) in [6, 6.07) is 15.2. The molecule has 0 unspecified atom stereocenters. The van der Waals surface area contributed by atoms with Crippen LogP contribution in [0.15, 0.2) is 54.6 Å². The van der Waals surface area contributed by atoms with Gasteiger partial charge in [0.2, 0.25) is 0 Å². The zero-order valence-corrected chi connectivity index (χ0v) is 12.2. The highest BCUT2D eigenvalue weighted by atomic mass is 16.6. The fourth-order valence-corrected chi connectivity index (χ4v) is 2.38. The van der Waals surface area contributed by atoms with E-state index in [0.29, 0.717) is 16.9 Å². The van der Waals surface area contributed by atoms with Crippen LogP contribution in [0.2, 0.25) is 0 Å². The van der Waals surface area contributed by atoms with Crippen LogP contribution in [0.4, 0.5) is 0 Å². The molecule has 0 saturated heterocycles. The topological polar surface area (TPSA) is 69.7 Å². The van der Waals surface area contributed by atoms with Crippen molar-refractivity contribution in [3.8, 4) is 5.75 Å². The number of benzene rings is 2. The molecule has 1 aliphatic heterocycles. The van der Waals surface area contributed by atoms with E-state index in [-0.39, 0.29) is 11.1 Å². The van der Waals surface area contributed by atoms with Crippen molar-refractivity contribution >= 4 is 29.1 Å². The van der Waals surface area contributed by atoms with E-state index in [9.17, 15) is 14.4 Å². The molecule has 114 valence electrons. The van der Waals surface area contributed by atoms with E-state index in [2.05, 4.69) is 0 Å². The van der Waals surface area contributed by atoms with E-state index >= 15 is 0 Å². The standard InChI is InChI=1S/C18H12O5/c1-11(19)22-14-9-7-13(8-10-14)16-15(17(20)23-18(16)21)12-5-3-2-4-6-12/h2-10H,1H3. The van der Waals surface area contributed by atoms with Crippen molar-refractivity contribution in [3.63, 3.8) is 0 Å². The van der Waals surface area contributed by atoms with Crippen LogP contribution >= 0.6 is 0 Å². The van der Waals surface area contributed by atoms with Crippen LogP contribution in [-0.2, 0) is 19.1 Å². The smallest absolute Gasteiger partial charge is 0.347 e. The molecule has 3 rings (SSSR count). The lowest BCUT2D eigenvalue weighted by Crippen LogP contribution is -2.02. The van der Waals surface area contributed by atoms with Crippen molar-refractivity contribution in [2.24, 2.45) is 0 Å². The van der Waals surface area contributed by atoms with Crippen molar-refractivity contribution in [2.45, 2.75) is 6.92 Å². The average Bonchev–Trinajstić information content (AvgIpc) is 2.83. The second kappa shape index (κ2) is 5.88. The predicted octanol–water partition coefficient (Wildman–Crippen LogP) is 2.61. The molecule has 0 aliphatic carbocycles. The summed E-state index contributed by atoms with van der Waals surface area (Å²) < 4.78 is 9.71. The van der Waals surface area contributed by atoms with Crippen LogP contribution in [0.1, 0.15) is 18.1 Å². The van der Waals surface area contributed by atoms with Crippen LogP contribution in [-0.4, -0.2) is 17.9 Å². The Morgan fingerprint density at radius 1 is 0.826 bits per heavy atom. The van der Waals surface area contributed by atoms with Crippen LogP contribution < -0.4 is 4.74 Å². The number of esters is 3. The summed E-state index contributed by atoms with van der Waals surface area (Å²) in [5, 5.41) is 0. The highest BCUT2D eigenvalue weighted by Crippen LogP contribution is 2.34. The summed E-state index contributed by atoms with van der Waals surface area (Å²) >= 11 is 0. The highest BCUT2D eigenvalue weighted by molar-refractivity contribution is 6.44. The molecule has 0 N–H and O–H groups in total. The molecule has 2 aromatic carbocycles. The number of ether oxygens (including phenoxy) is 2. The Kier molecular flexibility index (Phi) is 3.76. The molecule has 0 spiro atoms. The first-order valence-electron chi connectivity index (χ1n) is 6.91. The van der Waals surface area contributed by atoms with E-state index in [0.717, 1.165) is 0 Å². The minimum atomic E-state index is -0.686. The average molecular weight is 308 g/mol. The Morgan fingerprint density at radius 2 is 1.35 bits per heavy atom. The lowest BCUT2D eigenvalue weighted by Gasteiger charge is -2.05. The zero-order chi connectivity index (χ0) is 16.4. The third-order valence-corrected chi connectivity index (χ3v) is 3.31. The molecule has 1 heterocycles. The van der Waals surface area contributed by atoms with Gasteiger partial charge in [0.1, 0.15) is 5.75 Å². The summed E-state index contributed by atoms with van der Waals surface area (Å²) in [6.45, 7) is 1.30. The largest absolute Gasteiger partial charge is 0.427 e. The van der Waals surface area contributed by atoms with Gasteiger partial charge in [-0.05, 0) is 23.3 Å². The van der Waals surface area contributed by atoms with Crippen molar-refractivity contribution < 1.29 is 23.9 Å². The molecule has 0 aromatic heterocycles. The van der Waals surface area contributed by atoms with E-state index in [4.69, 9.17) is 9.47 Å². The highest BCUT2D eigenvalue weighted by Gasteiger charge is 2.34. The van der Waals surface area contributed by atoms with Gasteiger partial charge in [-0.1, -0.05) is 42.5 Å². The maximum atomic E-state index is 12.0. The van der Waals surface area contributed by atoms with E-state index in [1.165, 1.54) is 6.92 Å². The molecular weight excluding hydrogens is 296 g/mol. The van der Waals surface area contributed by atoms with E-state index in [1.807, 2.05) is 6.07 Å². The number of rotatable bonds is 3. The molecule has 0 radical (unpaired) electrons. The maximum absolute atomic E-state index is 12.0. The maximum Gasteiger partial charge on any atom is 0.347 e. The SMILES string of the molecule is CC(=O)Oc1ccc(C2=C(c3ccccc3)C(=O)OC2=O)cc1. The van der Waals surface area contributed by atoms with Gasteiger partial charge in [0.25, 0.3) is 0 Å². The molecule has 0 fully saturated rings. The molecule has 2 aromatic rings. The van der Waals surface area contributed by atoms with Crippen molar-refractivity contribution in [2.75, 3.05) is 0 Å². The number of carbonyl (C=O) groups is 3. The Hall–Kier alpha value is -3.21. The summed E-state index contributed by atoms with van der Waals surface area (Å²) in [6.07, 6.45) is 0. The van der Waals surface area contributed by atoms with Crippen LogP contribution in [0.25, 0.3) is 11.1 Å². The second-order valence-corrected chi connectivity index (χ2v) is 4.91. The van der Waals surface area contributed by atoms with Gasteiger partial charge < -0.3 is 9.47 Å². The first-order valence-corrected chi connectivity index (χ1v) is 6.91. The Morgan fingerprint density at radius 3 is 1.87 bits per heavy atom. The van der Waals surface area contributed by atoms with Gasteiger partial charge >= 0.3 is 17.9 Å². The zero-order valence-electron chi connectivity index (χ0n) is 12.2. The molecule has 23 heavy (non-hydrogen) atoms. The van der Waals surface area contributed by atoms with Crippen LogP contribution in [0.3, 0.4) is 0 Å².